The number of carbonyl (C=O) groups is 2. The maximum absolute atomic E-state index is 12.5. The van der Waals surface area contributed by atoms with Crippen LogP contribution < -0.4 is 10.6 Å². The number of pyridine rings is 1. The van der Waals surface area contributed by atoms with Gasteiger partial charge in [-0.05, 0) is 49.6 Å². The Bertz CT molecular complexity index is 819. The van der Waals surface area contributed by atoms with Crippen molar-refractivity contribution in [2.75, 3.05) is 18.5 Å². The Labute approximate surface area is 156 Å². The van der Waals surface area contributed by atoms with Crippen molar-refractivity contribution in [1.29, 1.82) is 0 Å². The van der Waals surface area contributed by atoms with Crippen molar-refractivity contribution in [2.24, 2.45) is 0 Å². The van der Waals surface area contributed by atoms with Gasteiger partial charge in [-0.3, -0.25) is 9.59 Å². The lowest BCUT2D eigenvalue weighted by Crippen LogP contribution is -2.32. The molecule has 1 atom stereocenters. The molecule has 2 aromatic rings. The van der Waals surface area contributed by atoms with Gasteiger partial charge in [0, 0.05) is 23.9 Å². The van der Waals surface area contributed by atoms with Crippen LogP contribution in [-0.4, -0.2) is 36.1 Å². The van der Waals surface area contributed by atoms with Gasteiger partial charge in [-0.25, -0.2) is 4.98 Å². The summed E-state index contributed by atoms with van der Waals surface area (Å²) in [5.74, 6) is -0.724. The van der Waals surface area contributed by atoms with E-state index in [0.29, 0.717) is 17.3 Å². The number of rotatable bonds is 5. The molecule has 2 N–H and O–H groups in total. The van der Waals surface area contributed by atoms with Gasteiger partial charge in [0.2, 0.25) is 0 Å². The number of aromatic nitrogens is 1. The highest BCUT2D eigenvalue weighted by Crippen LogP contribution is 2.20. The molecular weight excluding hydrogens is 354 g/mol. The highest BCUT2D eigenvalue weighted by molar-refractivity contribution is 6.31. The van der Waals surface area contributed by atoms with Gasteiger partial charge in [-0.15, -0.1) is 0 Å². The number of nitrogens with zero attached hydrogens (tertiary/aromatic N) is 1. The van der Waals surface area contributed by atoms with Gasteiger partial charge in [-0.2, -0.15) is 0 Å². The third-order valence-electron chi connectivity index (χ3n) is 4.18. The van der Waals surface area contributed by atoms with Gasteiger partial charge in [0.15, 0.2) is 0 Å². The normalized spacial score (nSPS) is 16.3. The van der Waals surface area contributed by atoms with E-state index in [1.54, 1.807) is 30.3 Å². The predicted molar refractivity (Wildman–Crippen MR) is 99.7 cm³/mol. The summed E-state index contributed by atoms with van der Waals surface area (Å²) in [6.07, 6.45) is 2.00. The molecule has 6 nitrogen and oxygen atoms in total. The number of anilines is 1. The second-order valence-corrected chi connectivity index (χ2v) is 6.60. The van der Waals surface area contributed by atoms with E-state index in [2.05, 4.69) is 15.6 Å². The van der Waals surface area contributed by atoms with Gasteiger partial charge in [-0.1, -0.05) is 23.7 Å². The van der Waals surface area contributed by atoms with E-state index in [0.717, 1.165) is 25.0 Å². The zero-order valence-corrected chi connectivity index (χ0v) is 15.2. The third kappa shape index (κ3) is 4.59. The SMILES string of the molecule is Cc1ccc(Cl)cc1NC(=O)c1cccc(C(=O)NCC2CCCO2)n1. The van der Waals surface area contributed by atoms with Crippen molar-refractivity contribution < 1.29 is 14.3 Å². The van der Waals surface area contributed by atoms with Crippen LogP contribution >= 0.6 is 11.6 Å². The molecular formula is C19H20ClN3O3. The first-order valence-corrected chi connectivity index (χ1v) is 8.85. The minimum Gasteiger partial charge on any atom is -0.376 e. The van der Waals surface area contributed by atoms with Crippen LogP contribution in [0.25, 0.3) is 0 Å². The van der Waals surface area contributed by atoms with E-state index < -0.39 is 5.91 Å². The highest BCUT2D eigenvalue weighted by atomic mass is 35.5. The molecule has 0 aliphatic carbocycles. The van der Waals surface area contributed by atoms with Crippen LogP contribution in [0, 0.1) is 6.92 Å². The van der Waals surface area contributed by atoms with Crippen LogP contribution in [0.15, 0.2) is 36.4 Å². The first kappa shape index (κ1) is 18.4. The van der Waals surface area contributed by atoms with Crippen LogP contribution in [0.2, 0.25) is 5.02 Å². The molecule has 1 unspecified atom stereocenters. The maximum atomic E-state index is 12.5. The standard InChI is InChI=1S/C19H20ClN3O3/c1-12-7-8-13(20)10-17(12)23-19(25)16-6-2-5-15(22-16)18(24)21-11-14-4-3-9-26-14/h2,5-8,10,14H,3-4,9,11H2,1H3,(H,21,24)(H,23,25). The molecule has 136 valence electrons. The Morgan fingerprint density at radius 3 is 2.73 bits per heavy atom. The van der Waals surface area contributed by atoms with Crippen LogP contribution in [0.4, 0.5) is 5.69 Å². The topological polar surface area (TPSA) is 80.3 Å². The van der Waals surface area contributed by atoms with Crippen LogP contribution in [-0.2, 0) is 4.74 Å². The van der Waals surface area contributed by atoms with Crippen LogP contribution in [0.3, 0.4) is 0 Å². The minimum absolute atomic E-state index is 0.0521. The molecule has 1 fully saturated rings. The molecule has 0 bridgehead atoms. The lowest BCUT2D eigenvalue weighted by molar-refractivity contribution is 0.0853. The molecule has 0 spiro atoms. The van der Waals surface area contributed by atoms with Gasteiger partial charge in [0.1, 0.15) is 11.4 Å². The molecule has 3 rings (SSSR count). The summed E-state index contributed by atoms with van der Waals surface area (Å²) in [6, 6.07) is 10.0. The summed E-state index contributed by atoms with van der Waals surface area (Å²) in [4.78, 5) is 28.9. The van der Waals surface area contributed by atoms with Gasteiger partial charge < -0.3 is 15.4 Å². The first-order chi connectivity index (χ1) is 12.5. The number of halogens is 1. The molecule has 1 aromatic carbocycles. The quantitative estimate of drug-likeness (QED) is 0.843. The maximum Gasteiger partial charge on any atom is 0.274 e. The van der Waals surface area contributed by atoms with Gasteiger partial charge in [0.05, 0.1) is 6.10 Å². The summed E-state index contributed by atoms with van der Waals surface area (Å²) in [7, 11) is 0. The molecule has 1 aromatic heterocycles. The van der Waals surface area contributed by atoms with Crippen molar-refractivity contribution in [1.82, 2.24) is 10.3 Å². The van der Waals surface area contributed by atoms with Gasteiger partial charge >= 0.3 is 0 Å². The average Bonchev–Trinajstić information content (AvgIpc) is 3.16. The zero-order chi connectivity index (χ0) is 18.5. The second-order valence-electron chi connectivity index (χ2n) is 6.17. The van der Waals surface area contributed by atoms with Crippen molar-refractivity contribution in [3.63, 3.8) is 0 Å². The second kappa shape index (κ2) is 8.29. The molecule has 26 heavy (non-hydrogen) atoms. The number of amides is 2. The predicted octanol–water partition coefficient (Wildman–Crippen LogP) is 3.20. The summed E-state index contributed by atoms with van der Waals surface area (Å²) < 4.78 is 5.48. The molecule has 1 aliphatic heterocycles. The van der Waals surface area contributed by atoms with Gasteiger partial charge in [0.25, 0.3) is 11.8 Å². The van der Waals surface area contributed by atoms with E-state index in [4.69, 9.17) is 16.3 Å². The fourth-order valence-corrected chi connectivity index (χ4v) is 2.88. The Kier molecular flexibility index (Phi) is 5.85. The van der Waals surface area contributed by atoms with E-state index in [1.807, 2.05) is 13.0 Å². The highest BCUT2D eigenvalue weighted by Gasteiger charge is 2.18. The number of carbonyl (C=O) groups excluding carboxylic acids is 2. The zero-order valence-electron chi connectivity index (χ0n) is 14.4. The largest absolute Gasteiger partial charge is 0.376 e. The molecule has 2 amide bonds. The Morgan fingerprint density at radius 2 is 2.00 bits per heavy atom. The number of ether oxygens (including phenoxy) is 1. The van der Waals surface area contributed by atoms with Crippen molar-refractivity contribution in [3.05, 3.63) is 58.4 Å². The van der Waals surface area contributed by atoms with Crippen molar-refractivity contribution in [2.45, 2.75) is 25.9 Å². The number of aryl methyl sites for hydroxylation is 1. The Hall–Kier alpha value is -2.44. The van der Waals surface area contributed by atoms with Crippen LogP contribution in [0.1, 0.15) is 39.4 Å². The third-order valence-corrected chi connectivity index (χ3v) is 4.41. The Balaban J connectivity index is 1.66. The lowest BCUT2D eigenvalue weighted by atomic mass is 10.2. The fourth-order valence-electron chi connectivity index (χ4n) is 2.71. The lowest BCUT2D eigenvalue weighted by Gasteiger charge is -2.11. The molecule has 1 saturated heterocycles. The number of benzene rings is 1. The Morgan fingerprint density at radius 1 is 1.23 bits per heavy atom. The van der Waals surface area contributed by atoms with Crippen molar-refractivity contribution in [3.8, 4) is 0 Å². The first-order valence-electron chi connectivity index (χ1n) is 8.47. The molecule has 7 heteroatoms. The van der Waals surface area contributed by atoms with Crippen molar-refractivity contribution >= 4 is 29.1 Å². The fraction of sp³-hybridized carbons (Fsp3) is 0.316. The number of hydrogen-bond acceptors (Lipinski definition) is 4. The summed E-state index contributed by atoms with van der Waals surface area (Å²) in [6.45, 7) is 3.05. The molecule has 0 radical (unpaired) electrons. The van der Waals surface area contributed by atoms with E-state index in [1.165, 1.54) is 0 Å². The smallest absolute Gasteiger partial charge is 0.274 e. The monoisotopic (exact) mass is 373 g/mol. The number of nitrogens with one attached hydrogen (secondary N) is 2. The van der Waals surface area contributed by atoms with Crippen LogP contribution in [0.5, 0.6) is 0 Å². The molecule has 1 aliphatic rings. The summed E-state index contributed by atoms with van der Waals surface area (Å²) >= 11 is 5.97. The molecule has 0 saturated carbocycles. The summed E-state index contributed by atoms with van der Waals surface area (Å²) in [5, 5.41) is 6.10. The number of hydrogen-bond donors (Lipinski definition) is 2. The van der Waals surface area contributed by atoms with E-state index >= 15 is 0 Å². The summed E-state index contributed by atoms with van der Waals surface area (Å²) in [5.41, 5.74) is 1.85. The van der Waals surface area contributed by atoms with E-state index in [-0.39, 0.29) is 23.4 Å². The minimum atomic E-state index is -0.399. The van der Waals surface area contributed by atoms with E-state index in [9.17, 15) is 9.59 Å². The average molecular weight is 374 g/mol. The molecule has 2 heterocycles.